The normalized spacial score (nSPS) is 12.5. The molecule has 0 saturated carbocycles. The van der Waals surface area contributed by atoms with Gasteiger partial charge in [0.25, 0.3) is 0 Å². The first-order valence-corrected chi connectivity index (χ1v) is 7.65. The molecule has 2 aromatic carbocycles. The number of halogens is 2. The number of hydrazine groups is 1. The second-order valence-electron chi connectivity index (χ2n) is 5.47. The van der Waals surface area contributed by atoms with Crippen LogP contribution in [-0.4, -0.2) is 0 Å². The predicted molar refractivity (Wildman–Crippen MR) is 90.9 cm³/mol. The molecule has 2 aromatic rings. The van der Waals surface area contributed by atoms with E-state index in [-0.39, 0.29) is 6.04 Å². The number of hydrogen-bond donors (Lipinski definition) is 2. The minimum absolute atomic E-state index is 0.00145. The summed E-state index contributed by atoms with van der Waals surface area (Å²) in [7, 11) is 0. The van der Waals surface area contributed by atoms with Gasteiger partial charge in [-0.1, -0.05) is 40.9 Å². The molecular weight excluding hydrogens is 303 g/mol. The minimum Gasteiger partial charge on any atom is -0.271 e. The third-order valence-electron chi connectivity index (χ3n) is 3.72. The van der Waals surface area contributed by atoms with Gasteiger partial charge in [0.05, 0.1) is 6.04 Å². The largest absolute Gasteiger partial charge is 0.271 e. The Labute approximate surface area is 136 Å². The fourth-order valence-electron chi connectivity index (χ4n) is 2.90. The molecule has 0 aliphatic carbocycles. The van der Waals surface area contributed by atoms with Gasteiger partial charge in [0.15, 0.2) is 0 Å². The second-order valence-corrected chi connectivity index (χ2v) is 6.32. The summed E-state index contributed by atoms with van der Waals surface area (Å²) >= 11 is 12.3. The topological polar surface area (TPSA) is 38.0 Å². The van der Waals surface area contributed by atoms with E-state index in [4.69, 9.17) is 29.0 Å². The van der Waals surface area contributed by atoms with E-state index < -0.39 is 0 Å². The molecule has 112 valence electrons. The number of aryl methyl sites for hydroxylation is 3. The average Bonchev–Trinajstić information content (AvgIpc) is 2.40. The Kier molecular flexibility index (Phi) is 5.28. The van der Waals surface area contributed by atoms with Crippen molar-refractivity contribution in [1.82, 2.24) is 5.43 Å². The van der Waals surface area contributed by atoms with Crippen molar-refractivity contribution in [1.29, 1.82) is 0 Å². The first kappa shape index (κ1) is 16.3. The van der Waals surface area contributed by atoms with Gasteiger partial charge in [0, 0.05) is 10.0 Å². The number of nitrogens with one attached hydrogen (secondary N) is 1. The Morgan fingerprint density at radius 2 is 1.67 bits per heavy atom. The predicted octanol–water partition coefficient (Wildman–Crippen LogP) is 4.67. The monoisotopic (exact) mass is 322 g/mol. The van der Waals surface area contributed by atoms with Crippen LogP contribution in [0.1, 0.15) is 33.9 Å². The van der Waals surface area contributed by atoms with E-state index in [0.717, 1.165) is 5.56 Å². The summed E-state index contributed by atoms with van der Waals surface area (Å²) in [6, 6.07) is 9.86. The third-order valence-corrected chi connectivity index (χ3v) is 4.32. The van der Waals surface area contributed by atoms with Gasteiger partial charge in [0.1, 0.15) is 0 Å². The van der Waals surface area contributed by atoms with Gasteiger partial charge in [-0.25, -0.2) is 0 Å². The zero-order valence-electron chi connectivity index (χ0n) is 12.5. The van der Waals surface area contributed by atoms with Crippen LogP contribution in [0.3, 0.4) is 0 Å². The van der Waals surface area contributed by atoms with E-state index in [1.165, 1.54) is 22.3 Å². The molecule has 0 bridgehead atoms. The standard InChI is InChI=1S/C17H20Cl2N2/c1-10-6-11(2)17(12(3)7-10)16(21-20)9-13-8-14(18)4-5-15(13)19/h4-8,16,21H,9,20H2,1-3H3. The molecule has 1 unspecified atom stereocenters. The Hall–Kier alpha value is -1.06. The maximum Gasteiger partial charge on any atom is 0.0506 e. The van der Waals surface area contributed by atoms with Crippen LogP contribution in [0.25, 0.3) is 0 Å². The van der Waals surface area contributed by atoms with Crippen LogP contribution >= 0.6 is 23.2 Å². The molecule has 0 heterocycles. The van der Waals surface area contributed by atoms with Crippen molar-refractivity contribution in [2.45, 2.75) is 33.2 Å². The van der Waals surface area contributed by atoms with Crippen LogP contribution in [-0.2, 0) is 6.42 Å². The van der Waals surface area contributed by atoms with E-state index in [1.807, 2.05) is 12.1 Å². The summed E-state index contributed by atoms with van der Waals surface area (Å²) in [6.07, 6.45) is 0.695. The van der Waals surface area contributed by atoms with Crippen LogP contribution in [0.4, 0.5) is 0 Å². The average molecular weight is 323 g/mol. The molecule has 4 heteroatoms. The minimum atomic E-state index is 0.00145. The summed E-state index contributed by atoms with van der Waals surface area (Å²) in [6.45, 7) is 6.32. The van der Waals surface area contributed by atoms with Crippen molar-refractivity contribution in [3.8, 4) is 0 Å². The first-order chi connectivity index (χ1) is 9.92. The summed E-state index contributed by atoms with van der Waals surface area (Å²) < 4.78 is 0. The lowest BCUT2D eigenvalue weighted by Crippen LogP contribution is -2.30. The zero-order chi connectivity index (χ0) is 15.6. The molecule has 0 saturated heterocycles. The van der Waals surface area contributed by atoms with Crippen molar-refractivity contribution in [3.63, 3.8) is 0 Å². The quantitative estimate of drug-likeness (QED) is 0.634. The highest BCUT2D eigenvalue weighted by Crippen LogP contribution is 2.29. The molecule has 21 heavy (non-hydrogen) atoms. The number of benzene rings is 2. The van der Waals surface area contributed by atoms with E-state index in [2.05, 4.69) is 38.3 Å². The number of hydrogen-bond acceptors (Lipinski definition) is 2. The van der Waals surface area contributed by atoms with Crippen molar-refractivity contribution in [2.75, 3.05) is 0 Å². The highest BCUT2D eigenvalue weighted by atomic mass is 35.5. The van der Waals surface area contributed by atoms with Crippen molar-refractivity contribution < 1.29 is 0 Å². The van der Waals surface area contributed by atoms with Gasteiger partial charge < -0.3 is 0 Å². The molecule has 0 aliphatic rings. The number of rotatable bonds is 4. The van der Waals surface area contributed by atoms with Crippen LogP contribution in [0.5, 0.6) is 0 Å². The third kappa shape index (κ3) is 3.78. The Morgan fingerprint density at radius 3 is 2.24 bits per heavy atom. The molecular formula is C17H20Cl2N2. The van der Waals surface area contributed by atoms with Crippen LogP contribution in [0, 0.1) is 20.8 Å². The van der Waals surface area contributed by atoms with E-state index >= 15 is 0 Å². The molecule has 2 rings (SSSR count). The Balaban J connectivity index is 2.39. The lowest BCUT2D eigenvalue weighted by atomic mass is 9.91. The van der Waals surface area contributed by atoms with Gasteiger partial charge in [-0.3, -0.25) is 11.3 Å². The fraction of sp³-hybridized carbons (Fsp3) is 0.294. The van der Waals surface area contributed by atoms with Gasteiger partial charge in [-0.15, -0.1) is 0 Å². The second kappa shape index (κ2) is 6.80. The molecule has 0 aromatic heterocycles. The van der Waals surface area contributed by atoms with E-state index in [1.54, 1.807) is 6.07 Å². The maximum atomic E-state index is 6.26. The van der Waals surface area contributed by atoms with Crippen LogP contribution < -0.4 is 11.3 Å². The molecule has 2 nitrogen and oxygen atoms in total. The Bertz CT molecular complexity index is 630. The lowest BCUT2D eigenvalue weighted by molar-refractivity contribution is 0.546. The molecule has 3 N–H and O–H groups in total. The van der Waals surface area contributed by atoms with Crippen molar-refractivity contribution in [3.05, 3.63) is 68.2 Å². The summed E-state index contributed by atoms with van der Waals surface area (Å²) in [5, 5.41) is 1.39. The van der Waals surface area contributed by atoms with Gasteiger partial charge in [-0.05, 0) is 67.6 Å². The molecule has 1 atom stereocenters. The van der Waals surface area contributed by atoms with Gasteiger partial charge in [0.2, 0.25) is 0 Å². The summed E-state index contributed by atoms with van der Waals surface area (Å²) in [4.78, 5) is 0. The lowest BCUT2D eigenvalue weighted by Gasteiger charge is -2.22. The van der Waals surface area contributed by atoms with Crippen molar-refractivity contribution >= 4 is 23.2 Å². The molecule has 0 amide bonds. The highest BCUT2D eigenvalue weighted by molar-refractivity contribution is 6.33. The van der Waals surface area contributed by atoms with Gasteiger partial charge >= 0.3 is 0 Å². The highest BCUT2D eigenvalue weighted by Gasteiger charge is 2.17. The zero-order valence-corrected chi connectivity index (χ0v) is 14.0. The van der Waals surface area contributed by atoms with Crippen LogP contribution in [0.2, 0.25) is 10.0 Å². The molecule has 0 fully saturated rings. The maximum absolute atomic E-state index is 6.26. The molecule has 0 spiro atoms. The Morgan fingerprint density at radius 1 is 1.05 bits per heavy atom. The molecule has 0 radical (unpaired) electrons. The first-order valence-electron chi connectivity index (χ1n) is 6.90. The van der Waals surface area contributed by atoms with Crippen molar-refractivity contribution in [2.24, 2.45) is 5.84 Å². The van der Waals surface area contributed by atoms with Gasteiger partial charge in [-0.2, -0.15) is 0 Å². The SMILES string of the molecule is Cc1cc(C)c(C(Cc2cc(Cl)ccc2Cl)NN)c(C)c1. The summed E-state index contributed by atoms with van der Waals surface area (Å²) in [5.74, 6) is 5.79. The van der Waals surface area contributed by atoms with E-state index in [9.17, 15) is 0 Å². The van der Waals surface area contributed by atoms with E-state index in [0.29, 0.717) is 16.5 Å². The number of nitrogens with two attached hydrogens (primary N) is 1. The smallest absolute Gasteiger partial charge is 0.0506 e. The fourth-order valence-corrected chi connectivity index (χ4v) is 3.29. The molecule has 0 aliphatic heterocycles. The summed E-state index contributed by atoms with van der Waals surface area (Å²) in [5.41, 5.74) is 8.84. The van der Waals surface area contributed by atoms with Crippen LogP contribution in [0.15, 0.2) is 30.3 Å².